The average Bonchev–Trinajstić information content (AvgIpc) is 3.41. The molecular formula is C27H22F2N6O3. The molecule has 1 amide bonds. The molecule has 0 radical (unpaired) electrons. The van der Waals surface area contributed by atoms with E-state index in [2.05, 4.69) is 9.97 Å². The van der Waals surface area contributed by atoms with Crippen LogP contribution in [0, 0.1) is 11.3 Å². The number of nitriles is 1. The normalized spacial score (nSPS) is 19.6. The van der Waals surface area contributed by atoms with Crippen molar-refractivity contribution in [2.45, 2.75) is 43.9 Å². The Morgan fingerprint density at radius 2 is 2.00 bits per heavy atom. The lowest BCUT2D eigenvalue weighted by atomic mass is 9.88. The summed E-state index contributed by atoms with van der Waals surface area (Å²) in [5.41, 5.74) is 3.14. The summed E-state index contributed by atoms with van der Waals surface area (Å²) in [5, 5.41) is 24.1. The summed E-state index contributed by atoms with van der Waals surface area (Å²) in [6, 6.07) is 10.0. The minimum atomic E-state index is -3.03. The molecule has 4 heterocycles. The van der Waals surface area contributed by atoms with Crippen LogP contribution in [0.2, 0.25) is 0 Å². The quantitative estimate of drug-likeness (QED) is 0.423. The molecule has 0 saturated carbocycles. The maximum Gasteiger partial charge on any atom is 0.387 e. The highest BCUT2D eigenvalue weighted by Gasteiger charge is 2.46. The molecule has 0 unspecified atom stereocenters. The molecule has 1 N–H and O–H groups in total. The lowest BCUT2D eigenvalue weighted by Gasteiger charge is -2.23. The molecule has 1 aliphatic carbocycles. The summed E-state index contributed by atoms with van der Waals surface area (Å²) in [6.07, 6.45) is 5.31. The maximum absolute atomic E-state index is 13.3. The number of hydrogen-bond donors (Lipinski definition) is 1. The summed E-state index contributed by atoms with van der Waals surface area (Å²) in [5.74, 6) is -0.502. The van der Waals surface area contributed by atoms with Gasteiger partial charge in [0, 0.05) is 53.8 Å². The number of hydrogen-bond acceptors (Lipinski definition) is 7. The van der Waals surface area contributed by atoms with Crippen molar-refractivity contribution < 1.29 is 23.4 Å². The van der Waals surface area contributed by atoms with E-state index in [1.54, 1.807) is 47.2 Å². The molecular weight excluding hydrogens is 494 g/mol. The topological polar surface area (TPSA) is 117 Å². The van der Waals surface area contributed by atoms with Crippen molar-refractivity contribution in [2.75, 3.05) is 7.05 Å². The van der Waals surface area contributed by atoms with Crippen LogP contribution in [0.25, 0.3) is 16.6 Å². The first kappa shape index (κ1) is 23.9. The second-order valence-corrected chi connectivity index (χ2v) is 9.76. The zero-order valence-electron chi connectivity index (χ0n) is 20.5. The van der Waals surface area contributed by atoms with E-state index >= 15 is 0 Å². The van der Waals surface area contributed by atoms with E-state index in [-0.39, 0.29) is 35.9 Å². The molecule has 1 aromatic carbocycles. The van der Waals surface area contributed by atoms with E-state index < -0.39 is 12.2 Å². The largest absolute Gasteiger partial charge is 0.434 e. The van der Waals surface area contributed by atoms with Crippen LogP contribution in [-0.2, 0) is 5.60 Å². The molecule has 4 aromatic rings. The van der Waals surface area contributed by atoms with Crippen molar-refractivity contribution in [3.05, 3.63) is 77.1 Å². The van der Waals surface area contributed by atoms with Gasteiger partial charge in [-0.15, -0.1) is 0 Å². The van der Waals surface area contributed by atoms with Crippen molar-refractivity contribution in [3.63, 3.8) is 0 Å². The lowest BCUT2D eigenvalue weighted by Crippen LogP contribution is -2.30. The molecule has 2 aliphatic rings. The van der Waals surface area contributed by atoms with Gasteiger partial charge in [-0.1, -0.05) is 6.07 Å². The lowest BCUT2D eigenvalue weighted by molar-refractivity contribution is -0.0505. The van der Waals surface area contributed by atoms with Crippen LogP contribution in [0.3, 0.4) is 0 Å². The summed E-state index contributed by atoms with van der Waals surface area (Å²) >= 11 is 0. The fourth-order valence-corrected chi connectivity index (χ4v) is 5.53. The fraction of sp³-hybridized carbons (Fsp3) is 0.296. The van der Waals surface area contributed by atoms with Crippen LogP contribution in [0.15, 0.2) is 48.9 Å². The molecule has 0 fully saturated rings. The van der Waals surface area contributed by atoms with Crippen LogP contribution >= 0.6 is 0 Å². The molecule has 3 atom stereocenters. The van der Waals surface area contributed by atoms with Gasteiger partial charge in [0.2, 0.25) is 0 Å². The number of carbonyl (C=O) groups excluding carboxylic acids is 1. The Hall–Kier alpha value is -4.43. The minimum absolute atomic E-state index is 0.0123. The molecule has 6 rings (SSSR count). The fourth-order valence-electron chi connectivity index (χ4n) is 5.53. The summed E-state index contributed by atoms with van der Waals surface area (Å²) < 4.78 is 33.2. The number of aromatic nitrogens is 4. The monoisotopic (exact) mass is 516 g/mol. The Morgan fingerprint density at radius 3 is 2.71 bits per heavy atom. The van der Waals surface area contributed by atoms with E-state index in [0.717, 1.165) is 22.3 Å². The highest BCUT2D eigenvalue weighted by Crippen LogP contribution is 2.53. The van der Waals surface area contributed by atoms with Gasteiger partial charge in [-0.2, -0.15) is 19.1 Å². The van der Waals surface area contributed by atoms with E-state index in [9.17, 15) is 18.7 Å². The summed E-state index contributed by atoms with van der Waals surface area (Å²) in [6.45, 7) is -1.54. The second kappa shape index (κ2) is 8.56. The van der Waals surface area contributed by atoms with E-state index in [1.807, 2.05) is 18.2 Å². The molecule has 3 aromatic heterocycles. The first-order valence-corrected chi connectivity index (χ1v) is 12.0. The van der Waals surface area contributed by atoms with Gasteiger partial charge < -0.3 is 14.7 Å². The third kappa shape index (κ3) is 3.60. The van der Waals surface area contributed by atoms with E-state index in [1.165, 1.54) is 13.0 Å². The van der Waals surface area contributed by atoms with Crippen LogP contribution < -0.4 is 4.74 Å². The molecule has 38 heavy (non-hydrogen) atoms. The Kier molecular flexibility index (Phi) is 5.39. The van der Waals surface area contributed by atoms with Gasteiger partial charge >= 0.3 is 6.61 Å². The summed E-state index contributed by atoms with van der Waals surface area (Å²) in [7, 11) is 1.70. The number of halogens is 2. The van der Waals surface area contributed by atoms with Gasteiger partial charge in [-0.05, 0) is 43.2 Å². The van der Waals surface area contributed by atoms with Crippen molar-refractivity contribution in [1.82, 2.24) is 24.5 Å². The van der Waals surface area contributed by atoms with Gasteiger partial charge in [0.05, 0.1) is 29.7 Å². The number of benzene rings is 1. The van der Waals surface area contributed by atoms with E-state index in [0.29, 0.717) is 23.1 Å². The Morgan fingerprint density at radius 1 is 1.24 bits per heavy atom. The van der Waals surface area contributed by atoms with Gasteiger partial charge in [0.15, 0.2) is 5.82 Å². The third-order valence-electron chi connectivity index (χ3n) is 7.36. The average molecular weight is 517 g/mol. The van der Waals surface area contributed by atoms with Crippen molar-refractivity contribution >= 4 is 11.4 Å². The van der Waals surface area contributed by atoms with Gasteiger partial charge in [-0.25, -0.2) is 14.5 Å². The first-order valence-electron chi connectivity index (χ1n) is 12.0. The number of fused-ring (bicyclic) bond motifs is 9. The maximum atomic E-state index is 13.3. The molecule has 192 valence electrons. The predicted octanol–water partition coefficient (Wildman–Crippen LogP) is 4.18. The molecule has 11 heteroatoms. The Balaban J connectivity index is 1.48. The number of carbonyl (C=O) groups is 1. The highest BCUT2D eigenvalue weighted by molar-refractivity contribution is 5.98. The number of ether oxygens (including phenoxy) is 1. The van der Waals surface area contributed by atoms with Crippen molar-refractivity contribution in [2.24, 2.45) is 0 Å². The molecule has 9 nitrogen and oxygen atoms in total. The highest BCUT2D eigenvalue weighted by atomic mass is 19.3. The van der Waals surface area contributed by atoms with Gasteiger partial charge in [-0.3, -0.25) is 4.79 Å². The van der Waals surface area contributed by atoms with Crippen LogP contribution in [0.4, 0.5) is 8.78 Å². The number of pyridine rings is 1. The number of aliphatic hydroxyl groups is 1. The van der Waals surface area contributed by atoms with E-state index in [4.69, 9.17) is 15.1 Å². The summed E-state index contributed by atoms with van der Waals surface area (Å²) in [4.78, 5) is 23.4. The van der Waals surface area contributed by atoms with Gasteiger partial charge in [0.25, 0.3) is 5.91 Å². The number of rotatable bonds is 5. The Bertz CT molecular complexity index is 1630. The predicted molar refractivity (Wildman–Crippen MR) is 130 cm³/mol. The smallest absolute Gasteiger partial charge is 0.387 e. The van der Waals surface area contributed by atoms with Crippen LogP contribution in [-0.4, -0.2) is 49.2 Å². The standard InChI is InChI=1S/C27H22F2N6O3/c1-27(37,7-8-30)25-31-12-15(13-32-25)14-6-9-35-18(10-14)22-17-11-19(23(22)33-35)34(2)24(36)16-4-3-5-20(21(16)17)38-26(28)29/h3-6,9-10,12-13,17,19,26,37H,7,11H2,1-2H3/t17-,19-,27-/m1/s1. The van der Waals surface area contributed by atoms with Crippen molar-refractivity contribution in [3.8, 4) is 22.9 Å². The van der Waals surface area contributed by atoms with Crippen LogP contribution in [0.5, 0.6) is 5.75 Å². The van der Waals surface area contributed by atoms with Gasteiger partial charge in [0.1, 0.15) is 11.4 Å². The number of alkyl halides is 2. The third-order valence-corrected chi connectivity index (χ3v) is 7.36. The first-order chi connectivity index (χ1) is 18.2. The Labute approximate surface area is 215 Å². The number of amides is 1. The SMILES string of the molecule is CN1C(=O)c2cccc(OC(F)F)c2[C@H]2C[C@@H]1c1nn3ccc(-c4cnc([C@](C)(O)CC#N)nc4)cc3c12. The zero-order chi connectivity index (χ0) is 26.8. The van der Waals surface area contributed by atoms with Crippen molar-refractivity contribution in [1.29, 1.82) is 5.26 Å². The number of nitrogens with zero attached hydrogens (tertiary/aromatic N) is 6. The zero-order valence-corrected chi connectivity index (χ0v) is 20.5. The minimum Gasteiger partial charge on any atom is -0.434 e. The second-order valence-electron chi connectivity index (χ2n) is 9.76. The molecule has 0 saturated heterocycles. The molecule has 2 bridgehead atoms. The molecule has 0 spiro atoms. The molecule has 1 aliphatic heterocycles. The van der Waals surface area contributed by atoms with Crippen LogP contribution in [0.1, 0.15) is 64.7 Å².